The lowest BCUT2D eigenvalue weighted by atomic mass is 10.1. The topological polar surface area (TPSA) is 79.0 Å². The Balaban J connectivity index is 1.55. The third kappa shape index (κ3) is 3.72. The minimum Gasteiger partial charge on any atom is -0.497 e. The van der Waals surface area contributed by atoms with E-state index in [9.17, 15) is 18.8 Å². The summed E-state index contributed by atoms with van der Waals surface area (Å²) in [6.45, 7) is 0.461. The number of hydrogen-bond acceptors (Lipinski definition) is 4. The van der Waals surface area contributed by atoms with Gasteiger partial charge in [-0.05, 0) is 48.7 Å². The first-order valence-corrected chi connectivity index (χ1v) is 9.79. The van der Waals surface area contributed by atoms with Gasteiger partial charge in [0.2, 0.25) is 11.8 Å². The van der Waals surface area contributed by atoms with Gasteiger partial charge in [-0.15, -0.1) is 0 Å². The maximum Gasteiger partial charge on any atom is 0.256 e. The third-order valence-corrected chi connectivity index (χ3v) is 5.47. The van der Waals surface area contributed by atoms with Crippen molar-refractivity contribution in [3.8, 4) is 5.75 Å². The highest BCUT2D eigenvalue weighted by Gasteiger charge is 2.42. The largest absolute Gasteiger partial charge is 0.497 e. The van der Waals surface area contributed by atoms with Crippen molar-refractivity contribution in [2.45, 2.75) is 25.4 Å². The summed E-state index contributed by atoms with van der Waals surface area (Å²) in [6.07, 6.45) is 1.23. The number of fused-ring (bicyclic) bond motifs is 2. The maximum atomic E-state index is 13.8. The molecule has 1 atom stereocenters. The van der Waals surface area contributed by atoms with E-state index in [1.807, 2.05) is 24.3 Å². The molecule has 0 radical (unpaired) electrons. The molecule has 0 saturated carbocycles. The van der Waals surface area contributed by atoms with Gasteiger partial charge in [0.05, 0.1) is 18.4 Å². The maximum absolute atomic E-state index is 13.8. The molecule has 1 N–H and O–H groups in total. The van der Waals surface area contributed by atoms with Crippen LogP contribution in [0.15, 0.2) is 42.5 Å². The van der Waals surface area contributed by atoms with Gasteiger partial charge in [0.15, 0.2) is 0 Å². The average molecular weight is 411 g/mol. The molecule has 1 fully saturated rings. The number of carbonyl (C=O) groups excluding carboxylic acids is 3. The van der Waals surface area contributed by atoms with Gasteiger partial charge < -0.3 is 19.9 Å². The SMILES string of the molecule is COc1cccc(CNC(=O)CN2C(=O)[C@@H]3CCCN3C(=O)c3cc(F)ccc32)c1. The van der Waals surface area contributed by atoms with E-state index in [2.05, 4.69) is 5.32 Å². The van der Waals surface area contributed by atoms with E-state index in [-0.39, 0.29) is 42.1 Å². The molecule has 2 aromatic carbocycles. The van der Waals surface area contributed by atoms with E-state index < -0.39 is 11.9 Å². The van der Waals surface area contributed by atoms with Crippen molar-refractivity contribution in [2.75, 3.05) is 25.1 Å². The van der Waals surface area contributed by atoms with E-state index >= 15 is 0 Å². The standard InChI is InChI=1S/C22H22FN3O4/c1-30-16-5-2-4-14(10-16)12-24-20(27)13-26-18-8-7-15(23)11-17(18)21(28)25-9-3-6-19(25)22(26)29/h2,4-5,7-8,10-11,19H,3,6,9,12-13H2,1H3,(H,24,27)/t19-/m0/s1. The molecule has 2 aliphatic rings. The van der Waals surface area contributed by atoms with Crippen LogP contribution in [0.1, 0.15) is 28.8 Å². The van der Waals surface area contributed by atoms with Crippen LogP contribution in [0.5, 0.6) is 5.75 Å². The molecular weight excluding hydrogens is 389 g/mol. The Morgan fingerprint density at radius 3 is 2.87 bits per heavy atom. The fourth-order valence-corrected chi connectivity index (χ4v) is 3.98. The predicted octanol–water partition coefficient (Wildman–Crippen LogP) is 2.10. The van der Waals surface area contributed by atoms with Crippen molar-refractivity contribution in [1.82, 2.24) is 10.2 Å². The van der Waals surface area contributed by atoms with Crippen LogP contribution in [-0.2, 0) is 16.1 Å². The Morgan fingerprint density at radius 2 is 2.07 bits per heavy atom. The molecule has 2 heterocycles. The van der Waals surface area contributed by atoms with E-state index in [4.69, 9.17) is 4.74 Å². The number of nitrogens with one attached hydrogen (secondary N) is 1. The van der Waals surface area contributed by atoms with E-state index in [1.54, 1.807) is 7.11 Å². The van der Waals surface area contributed by atoms with Crippen LogP contribution in [0.2, 0.25) is 0 Å². The van der Waals surface area contributed by atoms with Crippen molar-refractivity contribution < 1.29 is 23.5 Å². The number of carbonyl (C=O) groups is 3. The van der Waals surface area contributed by atoms with Gasteiger partial charge in [-0.3, -0.25) is 14.4 Å². The van der Waals surface area contributed by atoms with Crippen LogP contribution < -0.4 is 15.0 Å². The molecule has 8 heteroatoms. The van der Waals surface area contributed by atoms with Crippen molar-refractivity contribution in [3.63, 3.8) is 0 Å². The highest BCUT2D eigenvalue weighted by molar-refractivity contribution is 6.12. The Hall–Kier alpha value is -3.42. The van der Waals surface area contributed by atoms with Crippen LogP contribution in [0, 0.1) is 5.82 Å². The summed E-state index contributed by atoms with van der Waals surface area (Å²) in [7, 11) is 1.57. The average Bonchev–Trinajstić information content (AvgIpc) is 3.23. The monoisotopic (exact) mass is 411 g/mol. The highest BCUT2D eigenvalue weighted by atomic mass is 19.1. The molecule has 1 saturated heterocycles. The minimum atomic E-state index is -0.626. The summed E-state index contributed by atoms with van der Waals surface area (Å²) in [5.41, 5.74) is 1.22. The quantitative estimate of drug-likeness (QED) is 0.817. The van der Waals surface area contributed by atoms with Gasteiger partial charge in [-0.1, -0.05) is 12.1 Å². The van der Waals surface area contributed by atoms with Crippen LogP contribution >= 0.6 is 0 Å². The lowest BCUT2D eigenvalue weighted by Crippen LogP contribution is -2.48. The lowest BCUT2D eigenvalue weighted by Gasteiger charge is -2.25. The summed E-state index contributed by atoms with van der Waals surface area (Å²) in [5.74, 6) is -0.947. The van der Waals surface area contributed by atoms with Crippen molar-refractivity contribution in [1.29, 1.82) is 0 Å². The van der Waals surface area contributed by atoms with Crippen LogP contribution in [0.25, 0.3) is 0 Å². The molecule has 0 spiro atoms. The molecule has 0 unspecified atom stereocenters. The smallest absolute Gasteiger partial charge is 0.256 e. The molecule has 0 aromatic heterocycles. The Kier molecular flexibility index (Phi) is 5.39. The predicted molar refractivity (Wildman–Crippen MR) is 108 cm³/mol. The summed E-state index contributed by atoms with van der Waals surface area (Å²) in [4.78, 5) is 41.5. The summed E-state index contributed by atoms with van der Waals surface area (Å²) in [6, 6.07) is 10.4. The van der Waals surface area contributed by atoms with Crippen LogP contribution in [0.4, 0.5) is 10.1 Å². The fourth-order valence-electron chi connectivity index (χ4n) is 3.98. The van der Waals surface area contributed by atoms with Gasteiger partial charge in [0.25, 0.3) is 5.91 Å². The molecule has 2 aromatic rings. The molecule has 0 aliphatic carbocycles. The first-order valence-electron chi connectivity index (χ1n) is 9.79. The first-order chi connectivity index (χ1) is 14.5. The number of hydrogen-bond donors (Lipinski definition) is 1. The zero-order valence-corrected chi connectivity index (χ0v) is 16.6. The highest BCUT2D eigenvalue weighted by Crippen LogP contribution is 2.32. The molecule has 4 rings (SSSR count). The molecular formula is C22H22FN3O4. The van der Waals surface area contributed by atoms with E-state index in [1.165, 1.54) is 21.9 Å². The number of rotatable bonds is 5. The van der Waals surface area contributed by atoms with E-state index in [0.29, 0.717) is 25.1 Å². The van der Waals surface area contributed by atoms with Crippen LogP contribution in [-0.4, -0.2) is 48.9 Å². The second-order valence-electron chi connectivity index (χ2n) is 7.37. The van der Waals surface area contributed by atoms with Crippen molar-refractivity contribution in [3.05, 3.63) is 59.4 Å². The van der Waals surface area contributed by atoms with Crippen molar-refractivity contribution in [2.24, 2.45) is 0 Å². The zero-order valence-electron chi connectivity index (χ0n) is 16.6. The van der Waals surface area contributed by atoms with Crippen LogP contribution in [0.3, 0.4) is 0 Å². The summed E-state index contributed by atoms with van der Waals surface area (Å²) >= 11 is 0. The molecule has 2 aliphatic heterocycles. The Morgan fingerprint density at radius 1 is 1.23 bits per heavy atom. The van der Waals surface area contributed by atoms with Crippen molar-refractivity contribution >= 4 is 23.4 Å². The molecule has 0 bridgehead atoms. The lowest BCUT2D eigenvalue weighted by molar-refractivity contribution is -0.125. The number of nitrogens with zero attached hydrogens (tertiary/aromatic N) is 2. The van der Waals surface area contributed by atoms with Gasteiger partial charge in [0.1, 0.15) is 24.2 Å². The molecule has 30 heavy (non-hydrogen) atoms. The number of benzene rings is 2. The number of methoxy groups -OCH3 is 1. The number of ether oxygens (including phenoxy) is 1. The Bertz CT molecular complexity index is 1010. The van der Waals surface area contributed by atoms with Gasteiger partial charge in [-0.25, -0.2) is 4.39 Å². The number of anilines is 1. The summed E-state index contributed by atoms with van der Waals surface area (Å²) in [5, 5.41) is 2.79. The van der Waals surface area contributed by atoms with Gasteiger partial charge in [-0.2, -0.15) is 0 Å². The fraction of sp³-hybridized carbons (Fsp3) is 0.318. The zero-order chi connectivity index (χ0) is 21.3. The normalized spacial score (nSPS) is 18.0. The number of halogens is 1. The van der Waals surface area contributed by atoms with Gasteiger partial charge in [0, 0.05) is 13.1 Å². The third-order valence-electron chi connectivity index (χ3n) is 5.47. The molecule has 3 amide bonds. The second kappa shape index (κ2) is 8.14. The van der Waals surface area contributed by atoms with E-state index in [0.717, 1.165) is 11.6 Å². The Labute approximate surface area is 173 Å². The second-order valence-corrected chi connectivity index (χ2v) is 7.37. The number of amides is 3. The molecule has 156 valence electrons. The minimum absolute atomic E-state index is 0.105. The van der Waals surface area contributed by atoms with Gasteiger partial charge >= 0.3 is 0 Å². The first kappa shape index (κ1) is 19.9. The molecule has 7 nitrogen and oxygen atoms in total. The summed E-state index contributed by atoms with van der Waals surface area (Å²) < 4.78 is 19.0.